The lowest BCUT2D eigenvalue weighted by Crippen LogP contribution is -2.23. The first-order valence-electron chi connectivity index (χ1n) is 10.5. The molecule has 3 fully saturated rings. The van der Waals surface area contributed by atoms with Gasteiger partial charge in [-0.15, -0.1) is 5.10 Å². The molecule has 1 N–H and O–H groups in total. The average molecular weight is 386 g/mol. The number of H-pyrrole nitrogens is 1. The van der Waals surface area contributed by atoms with E-state index in [0.717, 1.165) is 54.5 Å². The first kappa shape index (κ1) is 15.9. The van der Waals surface area contributed by atoms with Crippen LogP contribution in [0.4, 0.5) is 5.82 Å². The normalized spacial score (nSPS) is 24.1. The highest BCUT2D eigenvalue weighted by molar-refractivity contribution is 5.87. The third kappa shape index (κ3) is 2.43. The lowest BCUT2D eigenvalue weighted by Gasteiger charge is -2.18. The molecule has 5 heterocycles. The Kier molecular flexibility index (Phi) is 3.18. The van der Waals surface area contributed by atoms with Crippen LogP contribution in [0, 0.1) is 11.8 Å². The summed E-state index contributed by atoms with van der Waals surface area (Å²) in [6.07, 6.45) is 4.41. The van der Waals surface area contributed by atoms with Crippen molar-refractivity contribution in [3.8, 4) is 11.3 Å². The summed E-state index contributed by atoms with van der Waals surface area (Å²) in [6.45, 7) is 3.82. The maximum Gasteiger partial charge on any atom is 0.154 e. The highest BCUT2D eigenvalue weighted by atomic mass is 16.5. The summed E-state index contributed by atoms with van der Waals surface area (Å²) in [5.74, 6) is 2.91. The highest BCUT2D eigenvalue weighted by Gasteiger charge is 2.37. The minimum absolute atomic E-state index is 0.615. The number of anilines is 1. The van der Waals surface area contributed by atoms with Gasteiger partial charge in [0, 0.05) is 41.8 Å². The van der Waals surface area contributed by atoms with Crippen molar-refractivity contribution in [2.45, 2.75) is 18.8 Å². The van der Waals surface area contributed by atoms with E-state index in [1.54, 1.807) is 0 Å². The Bertz CT molecular complexity index is 1230. The zero-order chi connectivity index (χ0) is 18.9. The van der Waals surface area contributed by atoms with Gasteiger partial charge in [-0.05, 0) is 37.1 Å². The van der Waals surface area contributed by atoms with Crippen LogP contribution in [0.2, 0.25) is 0 Å². The summed E-state index contributed by atoms with van der Waals surface area (Å²) in [5, 5.41) is 13.9. The van der Waals surface area contributed by atoms with E-state index in [2.05, 4.69) is 50.4 Å². The molecule has 29 heavy (non-hydrogen) atoms. The van der Waals surface area contributed by atoms with Crippen molar-refractivity contribution in [2.75, 3.05) is 31.2 Å². The van der Waals surface area contributed by atoms with Gasteiger partial charge in [0.1, 0.15) is 5.82 Å². The lowest BCUT2D eigenvalue weighted by atomic mass is 10.0. The van der Waals surface area contributed by atoms with Crippen LogP contribution < -0.4 is 4.90 Å². The molecule has 0 spiro atoms. The molecular weight excluding hydrogens is 364 g/mol. The largest absolute Gasteiger partial charge is 0.381 e. The van der Waals surface area contributed by atoms with E-state index in [-0.39, 0.29) is 0 Å². The van der Waals surface area contributed by atoms with Gasteiger partial charge in [-0.2, -0.15) is 5.10 Å². The molecule has 1 aliphatic carbocycles. The van der Waals surface area contributed by atoms with Crippen LogP contribution in [0.25, 0.3) is 27.8 Å². The monoisotopic (exact) mass is 386 g/mol. The Balaban J connectivity index is 1.30. The third-order valence-electron chi connectivity index (χ3n) is 6.76. The van der Waals surface area contributed by atoms with Crippen LogP contribution >= 0.6 is 0 Å². The van der Waals surface area contributed by atoms with Gasteiger partial charge in [0.25, 0.3) is 0 Å². The van der Waals surface area contributed by atoms with Crippen molar-refractivity contribution < 1.29 is 4.74 Å². The van der Waals surface area contributed by atoms with Gasteiger partial charge in [-0.3, -0.25) is 5.10 Å². The molecule has 1 aromatic carbocycles. The molecule has 0 amide bonds. The molecule has 146 valence electrons. The van der Waals surface area contributed by atoms with Gasteiger partial charge in [0.05, 0.1) is 36.3 Å². The number of nitrogens with one attached hydrogen (secondary N) is 1. The molecule has 3 aliphatic rings. The lowest BCUT2D eigenvalue weighted by molar-refractivity contribution is 0.177. The van der Waals surface area contributed by atoms with Crippen molar-refractivity contribution in [1.82, 2.24) is 24.8 Å². The van der Waals surface area contributed by atoms with Crippen LogP contribution in [0.3, 0.4) is 0 Å². The fourth-order valence-corrected chi connectivity index (χ4v) is 4.97. The molecule has 4 aromatic rings. The SMILES string of the molecule is c1cc2[nH]nc(C3CC3)c2cc1-c1cnc2ccc(N3C[C@H]4COC[C@H]4C3)nn12. The van der Waals surface area contributed by atoms with Crippen molar-refractivity contribution >= 4 is 22.4 Å². The van der Waals surface area contributed by atoms with E-state index in [1.165, 1.54) is 23.9 Å². The number of aromatic amines is 1. The second-order valence-electron chi connectivity index (χ2n) is 8.71. The molecule has 0 bridgehead atoms. The zero-order valence-electron chi connectivity index (χ0n) is 16.1. The molecule has 0 radical (unpaired) electrons. The smallest absolute Gasteiger partial charge is 0.154 e. The molecule has 2 atom stereocenters. The van der Waals surface area contributed by atoms with E-state index < -0.39 is 0 Å². The minimum atomic E-state index is 0.615. The molecule has 1 saturated carbocycles. The number of hydrogen-bond donors (Lipinski definition) is 1. The molecule has 2 aliphatic heterocycles. The zero-order valence-corrected chi connectivity index (χ0v) is 16.1. The second-order valence-corrected chi connectivity index (χ2v) is 8.71. The van der Waals surface area contributed by atoms with Gasteiger partial charge >= 0.3 is 0 Å². The van der Waals surface area contributed by atoms with E-state index in [4.69, 9.17) is 9.84 Å². The van der Waals surface area contributed by atoms with Crippen LogP contribution in [-0.2, 0) is 4.74 Å². The summed E-state index contributed by atoms with van der Waals surface area (Å²) in [6, 6.07) is 10.7. The molecule has 7 heteroatoms. The summed E-state index contributed by atoms with van der Waals surface area (Å²) in [4.78, 5) is 6.99. The quantitative estimate of drug-likeness (QED) is 0.585. The number of fused-ring (bicyclic) bond motifs is 3. The van der Waals surface area contributed by atoms with Gasteiger partial charge in [-0.25, -0.2) is 9.50 Å². The number of benzene rings is 1. The number of rotatable bonds is 3. The Morgan fingerprint density at radius 2 is 1.90 bits per heavy atom. The van der Waals surface area contributed by atoms with Crippen molar-refractivity contribution in [3.05, 3.63) is 42.2 Å². The predicted octanol–water partition coefficient (Wildman–Crippen LogP) is 3.23. The Hall–Kier alpha value is -2.93. The van der Waals surface area contributed by atoms with Crippen molar-refractivity contribution in [2.24, 2.45) is 11.8 Å². The van der Waals surface area contributed by atoms with Crippen LogP contribution in [0.1, 0.15) is 24.5 Å². The first-order chi connectivity index (χ1) is 14.3. The van der Waals surface area contributed by atoms with Gasteiger partial charge in [-0.1, -0.05) is 6.07 Å². The fourth-order valence-electron chi connectivity index (χ4n) is 4.97. The van der Waals surface area contributed by atoms with Crippen LogP contribution in [0.15, 0.2) is 36.5 Å². The summed E-state index contributed by atoms with van der Waals surface area (Å²) in [7, 11) is 0. The molecule has 0 unspecified atom stereocenters. The predicted molar refractivity (Wildman–Crippen MR) is 110 cm³/mol. The van der Waals surface area contributed by atoms with Crippen LogP contribution in [0.5, 0.6) is 0 Å². The number of ether oxygens (including phenoxy) is 1. The van der Waals surface area contributed by atoms with E-state index in [9.17, 15) is 0 Å². The van der Waals surface area contributed by atoms with Gasteiger partial charge in [0.15, 0.2) is 5.65 Å². The minimum Gasteiger partial charge on any atom is -0.381 e. The Morgan fingerprint density at radius 3 is 2.72 bits per heavy atom. The molecule has 2 saturated heterocycles. The number of aromatic nitrogens is 5. The second kappa shape index (κ2) is 5.79. The topological polar surface area (TPSA) is 71.3 Å². The summed E-state index contributed by atoms with van der Waals surface area (Å²) < 4.78 is 7.60. The standard InChI is InChI=1S/C22H22N6O/c1-2-13(1)22-17-7-14(3-4-18(17)24-25-22)19-8-23-20-5-6-21(26-28(19)20)27-9-15-11-29-12-16(15)10-27/h3-8,13,15-16H,1-2,9-12H2,(H,24,25)/t15-,16+. The summed E-state index contributed by atoms with van der Waals surface area (Å²) >= 11 is 0. The molecule has 7 nitrogen and oxygen atoms in total. The molecular formula is C22H22N6O. The first-order valence-corrected chi connectivity index (χ1v) is 10.5. The Labute approximate surface area is 167 Å². The number of hydrogen-bond acceptors (Lipinski definition) is 5. The summed E-state index contributed by atoms with van der Waals surface area (Å²) in [5.41, 5.74) is 5.33. The maximum atomic E-state index is 5.62. The van der Waals surface area contributed by atoms with Crippen LogP contribution in [-0.4, -0.2) is 51.1 Å². The van der Waals surface area contributed by atoms with E-state index in [0.29, 0.717) is 17.8 Å². The molecule has 3 aromatic heterocycles. The van der Waals surface area contributed by atoms with Gasteiger partial charge < -0.3 is 9.64 Å². The van der Waals surface area contributed by atoms with Crippen molar-refractivity contribution in [1.29, 1.82) is 0 Å². The van der Waals surface area contributed by atoms with Crippen molar-refractivity contribution in [3.63, 3.8) is 0 Å². The maximum absolute atomic E-state index is 5.62. The average Bonchev–Trinajstić information content (AvgIpc) is 3.12. The van der Waals surface area contributed by atoms with Gasteiger partial charge in [0.2, 0.25) is 0 Å². The highest BCUT2D eigenvalue weighted by Crippen LogP contribution is 2.42. The third-order valence-corrected chi connectivity index (χ3v) is 6.76. The fraction of sp³-hybridized carbons (Fsp3) is 0.409. The van der Waals surface area contributed by atoms with E-state index in [1.807, 2.05) is 10.7 Å². The molecule has 7 rings (SSSR count). The number of imidazole rings is 1. The Morgan fingerprint density at radius 1 is 1.03 bits per heavy atom. The van der Waals surface area contributed by atoms with E-state index >= 15 is 0 Å². The number of nitrogens with zero attached hydrogens (tertiary/aromatic N) is 5.